The van der Waals surface area contributed by atoms with Crippen LogP contribution >= 0.6 is 22.9 Å². The second-order valence-electron chi connectivity index (χ2n) is 5.82. The molecule has 1 aliphatic rings. The molecular weight excluding hydrogens is 382 g/mol. The summed E-state index contributed by atoms with van der Waals surface area (Å²) in [6, 6.07) is 5.16. The van der Waals surface area contributed by atoms with Crippen LogP contribution in [0.3, 0.4) is 0 Å². The van der Waals surface area contributed by atoms with Gasteiger partial charge in [0.1, 0.15) is 9.73 Å². The lowest BCUT2D eigenvalue weighted by Crippen LogP contribution is -2.48. The normalized spacial score (nSPS) is 16.6. The number of aryl methyl sites for hydroxylation is 1. The van der Waals surface area contributed by atoms with Crippen LogP contribution in [0.25, 0.3) is 5.52 Å². The van der Waals surface area contributed by atoms with E-state index in [4.69, 9.17) is 11.6 Å². The molecule has 0 saturated carbocycles. The number of halogens is 1. The molecule has 1 saturated heterocycles. The van der Waals surface area contributed by atoms with Gasteiger partial charge >= 0.3 is 0 Å². The molecule has 1 aliphatic heterocycles. The van der Waals surface area contributed by atoms with E-state index in [1.165, 1.54) is 4.31 Å². The molecule has 3 aromatic heterocycles. The summed E-state index contributed by atoms with van der Waals surface area (Å²) < 4.78 is 29.5. The molecule has 4 heterocycles. The van der Waals surface area contributed by atoms with Gasteiger partial charge in [-0.1, -0.05) is 11.6 Å². The summed E-state index contributed by atoms with van der Waals surface area (Å²) in [7, 11) is -3.48. The van der Waals surface area contributed by atoms with Crippen LogP contribution in [0.1, 0.15) is 5.69 Å². The van der Waals surface area contributed by atoms with Crippen molar-refractivity contribution >= 4 is 44.3 Å². The number of hydrogen-bond acceptors (Lipinski definition) is 6. The Morgan fingerprint density at radius 1 is 1.20 bits per heavy atom. The minimum atomic E-state index is -3.48. The zero-order chi connectivity index (χ0) is 17.6. The molecule has 4 rings (SSSR count). The van der Waals surface area contributed by atoms with E-state index < -0.39 is 10.0 Å². The highest BCUT2D eigenvalue weighted by Crippen LogP contribution is 2.29. The monoisotopic (exact) mass is 397 g/mol. The van der Waals surface area contributed by atoms with Gasteiger partial charge in [0, 0.05) is 38.6 Å². The van der Waals surface area contributed by atoms with Crippen LogP contribution in [0, 0.1) is 6.92 Å². The van der Waals surface area contributed by atoms with Crippen molar-refractivity contribution in [3.8, 4) is 0 Å². The van der Waals surface area contributed by atoms with Crippen molar-refractivity contribution in [2.24, 2.45) is 0 Å². The number of piperazine rings is 1. The number of sulfonamides is 1. The SMILES string of the molecule is Cc1cc2c(N3CCN(S(=O)(=O)c4ccc(Cl)s4)CC3)nccn2n1. The van der Waals surface area contributed by atoms with Crippen molar-refractivity contribution in [1.82, 2.24) is 18.9 Å². The summed E-state index contributed by atoms with van der Waals surface area (Å²) in [5.74, 6) is 0.833. The number of anilines is 1. The maximum Gasteiger partial charge on any atom is 0.252 e. The lowest BCUT2D eigenvalue weighted by Gasteiger charge is -2.34. The van der Waals surface area contributed by atoms with Gasteiger partial charge < -0.3 is 4.90 Å². The number of fused-ring (bicyclic) bond motifs is 1. The maximum atomic E-state index is 12.7. The van der Waals surface area contributed by atoms with Gasteiger partial charge in [-0.25, -0.2) is 17.9 Å². The predicted molar refractivity (Wildman–Crippen MR) is 98.0 cm³/mol. The van der Waals surface area contributed by atoms with Crippen molar-refractivity contribution in [2.75, 3.05) is 31.1 Å². The quantitative estimate of drug-likeness (QED) is 0.678. The Morgan fingerprint density at radius 3 is 2.64 bits per heavy atom. The van der Waals surface area contributed by atoms with Gasteiger partial charge in [0.25, 0.3) is 10.0 Å². The molecule has 3 aromatic rings. The molecule has 0 amide bonds. The van der Waals surface area contributed by atoms with Crippen LogP contribution in [0.15, 0.2) is 34.8 Å². The summed E-state index contributed by atoms with van der Waals surface area (Å²) in [6.07, 6.45) is 3.53. The van der Waals surface area contributed by atoms with Crippen molar-refractivity contribution in [3.05, 3.63) is 40.6 Å². The first-order valence-electron chi connectivity index (χ1n) is 7.76. The average molecular weight is 398 g/mol. The van der Waals surface area contributed by atoms with Crippen LogP contribution in [-0.2, 0) is 10.0 Å². The first-order valence-corrected chi connectivity index (χ1v) is 10.4. The average Bonchev–Trinajstić information content (AvgIpc) is 3.19. The fourth-order valence-electron chi connectivity index (χ4n) is 2.98. The lowest BCUT2D eigenvalue weighted by atomic mass is 10.3. The molecule has 0 bridgehead atoms. The van der Waals surface area contributed by atoms with E-state index in [1.54, 1.807) is 22.8 Å². The Kier molecular flexibility index (Phi) is 4.19. The zero-order valence-electron chi connectivity index (χ0n) is 13.5. The Bertz CT molecular complexity index is 1020. The third-order valence-corrected chi connectivity index (χ3v) is 7.77. The first kappa shape index (κ1) is 16.8. The van der Waals surface area contributed by atoms with E-state index in [2.05, 4.69) is 15.0 Å². The van der Waals surface area contributed by atoms with E-state index in [1.807, 2.05) is 19.2 Å². The Balaban J connectivity index is 1.55. The highest BCUT2D eigenvalue weighted by atomic mass is 35.5. The molecule has 7 nitrogen and oxygen atoms in total. The highest BCUT2D eigenvalue weighted by molar-refractivity contribution is 7.91. The Morgan fingerprint density at radius 2 is 1.96 bits per heavy atom. The van der Waals surface area contributed by atoms with Crippen LogP contribution < -0.4 is 4.90 Å². The third-order valence-electron chi connectivity index (χ3n) is 4.17. The maximum absolute atomic E-state index is 12.7. The molecule has 1 fully saturated rings. The van der Waals surface area contributed by atoms with E-state index in [0.717, 1.165) is 28.4 Å². The molecule has 0 spiro atoms. The topological polar surface area (TPSA) is 70.8 Å². The molecule has 0 radical (unpaired) electrons. The second kappa shape index (κ2) is 6.24. The van der Waals surface area contributed by atoms with Gasteiger partial charge in [0.2, 0.25) is 0 Å². The number of nitrogens with zero attached hydrogens (tertiary/aromatic N) is 5. The Labute approximate surface area is 154 Å². The van der Waals surface area contributed by atoms with E-state index >= 15 is 0 Å². The van der Waals surface area contributed by atoms with Gasteiger partial charge in [-0.3, -0.25) is 0 Å². The summed E-state index contributed by atoms with van der Waals surface area (Å²) in [5, 5.41) is 4.40. The number of aromatic nitrogens is 3. The summed E-state index contributed by atoms with van der Waals surface area (Å²) in [5.41, 5.74) is 1.85. The summed E-state index contributed by atoms with van der Waals surface area (Å²) in [4.78, 5) is 6.58. The molecule has 0 unspecified atom stereocenters. The molecule has 0 atom stereocenters. The van der Waals surface area contributed by atoms with Gasteiger partial charge in [0.15, 0.2) is 5.82 Å². The van der Waals surface area contributed by atoms with Crippen molar-refractivity contribution in [2.45, 2.75) is 11.1 Å². The van der Waals surface area contributed by atoms with Crippen molar-refractivity contribution in [3.63, 3.8) is 0 Å². The molecule has 0 aliphatic carbocycles. The molecular formula is C15H16ClN5O2S2. The van der Waals surface area contributed by atoms with Gasteiger partial charge in [0.05, 0.1) is 10.0 Å². The molecule has 10 heteroatoms. The van der Waals surface area contributed by atoms with E-state index in [9.17, 15) is 8.42 Å². The summed E-state index contributed by atoms with van der Waals surface area (Å²) in [6.45, 7) is 3.92. The van der Waals surface area contributed by atoms with Crippen LogP contribution in [-0.4, -0.2) is 53.5 Å². The van der Waals surface area contributed by atoms with E-state index in [0.29, 0.717) is 30.5 Å². The standard InChI is InChI=1S/C15H16ClN5O2S2/c1-11-10-12-15(17-4-5-21(12)18-11)19-6-8-20(9-7-19)25(22,23)14-3-2-13(16)24-14/h2-5,10H,6-9H2,1H3. The summed E-state index contributed by atoms with van der Waals surface area (Å²) >= 11 is 6.97. The number of thiophene rings is 1. The van der Waals surface area contributed by atoms with E-state index in [-0.39, 0.29) is 4.21 Å². The predicted octanol–water partition coefficient (Wildman–Crippen LogP) is 2.26. The minimum absolute atomic E-state index is 0.289. The molecule has 25 heavy (non-hydrogen) atoms. The van der Waals surface area contributed by atoms with Crippen LogP contribution in [0.2, 0.25) is 4.34 Å². The fourth-order valence-corrected chi connectivity index (χ4v) is 6.04. The van der Waals surface area contributed by atoms with Gasteiger partial charge in [-0.2, -0.15) is 9.40 Å². The lowest BCUT2D eigenvalue weighted by molar-refractivity contribution is 0.385. The first-order chi connectivity index (χ1) is 11.9. The van der Waals surface area contributed by atoms with Gasteiger partial charge in [-0.05, 0) is 25.1 Å². The molecule has 132 valence electrons. The highest BCUT2D eigenvalue weighted by Gasteiger charge is 2.30. The number of hydrogen-bond donors (Lipinski definition) is 0. The van der Waals surface area contributed by atoms with Crippen LogP contribution in [0.4, 0.5) is 5.82 Å². The Hall–Kier alpha value is -1.68. The largest absolute Gasteiger partial charge is 0.352 e. The second-order valence-corrected chi connectivity index (χ2v) is 9.70. The third kappa shape index (κ3) is 3.01. The minimum Gasteiger partial charge on any atom is -0.352 e. The molecule has 0 aromatic carbocycles. The van der Waals surface area contributed by atoms with Gasteiger partial charge in [-0.15, -0.1) is 11.3 Å². The fraction of sp³-hybridized carbons (Fsp3) is 0.333. The molecule has 0 N–H and O–H groups in total. The van der Waals surface area contributed by atoms with Crippen LogP contribution in [0.5, 0.6) is 0 Å². The van der Waals surface area contributed by atoms with Crippen molar-refractivity contribution in [1.29, 1.82) is 0 Å². The van der Waals surface area contributed by atoms with Crippen molar-refractivity contribution < 1.29 is 8.42 Å². The number of rotatable bonds is 3. The zero-order valence-corrected chi connectivity index (χ0v) is 15.9. The smallest absolute Gasteiger partial charge is 0.252 e.